The van der Waals surface area contributed by atoms with Gasteiger partial charge in [0.1, 0.15) is 0 Å². The largest absolute Gasteiger partial charge is 0.247 e. The molecule has 0 aromatic heterocycles. The normalized spacial score (nSPS) is 16.9. The molecule has 158 valence electrons. The van der Waals surface area contributed by atoms with Gasteiger partial charge in [0.05, 0.1) is 11.4 Å². The highest BCUT2D eigenvalue weighted by molar-refractivity contribution is 6.39. The minimum Gasteiger partial charge on any atom is -0.247 e. The van der Waals surface area contributed by atoms with Gasteiger partial charge in [0.15, 0.2) is 0 Å². The maximum absolute atomic E-state index is 5.05. The summed E-state index contributed by atoms with van der Waals surface area (Å²) >= 11 is 0. The molecule has 3 aromatic carbocycles. The Kier molecular flexibility index (Phi) is 3.91. The topological polar surface area (TPSA) is 12.4 Å². The van der Waals surface area contributed by atoms with Gasteiger partial charge in [0, 0.05) is 22.5 Å². The van der Waals surface area contributed by atoms with Gasteiger partial charge < -0.3 is 0 Å². The second kappa shape index (κ2) is 6.42. The van der Waals surface area contributed by atoms with E-state index in [4.69, 9.17) is 4.99 Å². The second-order valence-corrected chi connectivity index (χ2v) is 10.2. The summed E-state index contributed by atoms with van der Waals surface area (Å²) in [6.45, 7) is 13.8. The molecule has 0 fully saturated rings. The Bertz CT molecular complexity index is 1380. The molecule has 2 aliphatic carbocycles. The molecule has 0 saturated heterocycles. The first-order chi connectivity index (χ1) is 15.3. The van der Waals surface area contributed by atoms with E-state index in [2.05, 4.69) is 102 Å². The summed E-state index contributed by atoms with van der Waals surface area (Å²) in [5.74, 6) is 0.327. The molecule has 0 N–H and O–H groups in total. The van der Waals surface area contributed by atoms with Crippen molar-refractivity contribution in [1.29, 1.82) is 0 Å². The first-order valence-corrected chi connectivity index (χ1v) is 11.6. The molecule has 0 bridgehead atoms. The monoisotopic (exact) mass is 415 g/mol. The lowest BCUT2D eigenvalue weighted by Gasteiger charge is -2.35. The van der Waals surface area contributed by atoms with E-state index in [0.717, 1.165) is 5.69 Å². The van der Waals surface area contributed by atoms with Crippen LogP contribution in [0.1, 0.15) is 68.4 Å². The molecule has 0 unspecified atom stereocenters. The van der Waals surface area contributed by atoms with Crippen LogP contribution in [0.5, 0.6) is 0 Å². The molecule has 1 heterocycles. The van der Waals surface area contributed by atoms with Crippen molar-refractivity contribution in [1.82, 2.24) is 0 Å². The molecule has 1 heteroatoms. The lowest BCUT2D eigenvalue weighted by atomic mass is 9.67. The third-order valence-electron chi connectivity index (χ3n) is 8.19. The van der Waals surface area contributed by atoms with Crippen LogP contribution in [0.4, 0.5) is 5.69 Å². The van der Waals surface area contributed by atoms with Crippen molar-refractivity contribution < 1.29 is 0 Å². The van der Waals surface area contributed by atoms with Gasteiger partial charge in [-0.3, -0.25) is 0 Å². The van der Waals surface area contributed by atoms with E-state index in [1.165, 1.54) is 66.9 Å². The van der Waals surface area contributed by atoms with E-state index in [1.54, 1.807) is 0 Å². The summed E-state index contributed by atoms with van der Waals surface area (Å²) in [5, 5.41) is 0. The van der Waals surface area contributed by atoms with Crippen molar-refractivity contribution in [3.05, 3.63) is 105 Å². The fraction of sp³-hybridized carbons (Fsp3) is 0.258. The van der Waals surface area contributed by atoms with Crippen LogP contribution in [-0.2, 0) is 5.41 Å². The number of benzene rings is 3. The number of aryl methyl sites for hydroxylation is 1. The van der Waals surface area contributed by atoms with Gasteiger partial charge in [0.2, 0.25) is 0 Å². The van der Waals surface area contributed by atoms with Crippen LogP contribution in [-0.4, -0.2) is 5.71 Å². The summed E-state index contributed by atoms with van der Waals surface area (Å²) in [7, 11) is 0. The Labute approximate surface area is 191 Å². The van der Waals surface area contributed by atoms with Crippen LogP contribution in [0.2, 0.25) is 0 Å². The lowest BCUT2D eigenvalue weighted by Crippen LogP contribution is -2.27. The summed E-state index contributed by atoms with van der Waals surface area (Å²) in [5.41, 5.74) is 17.4. The van der Waals surface area contributed by atoms with Crippen molar-refractivity contribution in [3.8, 4) is 11.1 Å². The number of hydrogen-bond acceptors (Lipinski definition) is 1. The molecule has 1 nitrogen and oxygen atoms in total. The fourth-order valence-corrected chi connectivity index (χ4v) is 6.37. The zero-order valence-electron chi connectivity index (χ0n) is 19.8. The third-order valence-corrected chi connectivity index (χ3v) is 8.19. The Hall–Kier alpha value is -3.19. The minimum atomic E-state index is -0.0604. The number of hydrogen-bond donors (Lipinski definition) is 0. The first kappa shape index (κ1) is 19.5. The van der Waals surface area contributed by atoms with E-state index in [9.17, 15) is 0 Å². The summed E-state index contributed by atoms with van der Waals surface area (Å²) in [6, 6.07) is 22.7. The molecule has 0 saturated carbocycles. The molecule has 32 heavy (non-hydrogen) atoms. The van der Waals surface area contributed by atoms with Crippen LogP contribution in [0.25, 0.3) is 16.7 Å². The second-order valence-electron chi connectivity index (χ2n) is 10.2. The molecule has 1 aliphatic heterocycles. The molecular formula is C31H29N. The van der Waals surface area contributed by atoms with Crippen LogP contribution in [0.15, 0.2) is 82.4 Å². The number of allylic oxidation sites excluding steroid dienone is 4. The number of nitrogens with zero attached hydrogens (tertiary/aromatic N) is 1. The maximum Gasteiger partial charge on any atom is 0.0750 e. The van der Waals surface area contributed by atoms with Gasteiger partial charge in [-0.1, -0.05) is 62.4 Å². The van der Waals surface area contributed by atoms with Crippen molar-refractivity contribution in [3.63, 3.8) is 0 Å². The van der Waals surface area contributed by atoms with Crippen LogP contribution in [0, 0.1) is 6.92 Å². The Morgan fingerprint density at radius 2 is 1.28 bits per heavy atom. The number of rotatable bonds is 2. The van der Waals surface area contributed by atoms with Crippen molar-refractivity contribution >= 4 is 17.0 Å². The van der Waals surface area contributed by atoms with Gasteiger partial charge in [0.25, 0.3) is 0 Å². The Morgan fingerprint density at radius 1 is 0.688 bits per heavy atom. The predicted octanol–water partition coefficient (Wildman–Crippen LogP) is 8.29. The van der Waals surface area contributed by atoms with Crippen LogP contribution >= 0.6 is 0 Å². The standard InChI is InChI=1S/C31H29N/c1-17-15-27-25(28-19(3)18(2)20(4)30(28)32-27)16-26(17)31(5,6)29-23-13-9-7-11-21(23)22-12-8-10-14-24(22)29/h7-16,29H,1-6H3. The van der Waals surface area contributed by atoms with Gasteiger partial charge in [-0.25, -0.2) is 4.99 Å². The van der Waals surface area contributed by atoms with Crippen molar-refractivity contribution in [2.24, 2.45) is 4.99 Å². The first-order valence-electron chi connectivity index (χ1n) is 11.6. The highest BCUT2D eigenvalue weighted by atomic mass is 14.8. The highest BCUT2D eigenvalue weighted by Gasteiger charge is 2.42. The molecule has 0 radical (unpaired) electrons. The minimum absolute atomic E-state index is 0.0604. The Morgan fingerprint density at radius 3 is 1.91 bits per heavy atom. The maximum atomic E-state index is 5.05. The van der Waals surface area contributed by atoms with Gasteiger partial charge in [-0.2, -0.15) is 0 Å². The van der Waals surface area contributed by atoms with E-state index in [0.29, 0.717) is 5.92 Å². The van der Waals surface area contributed by atoms with E-state index in [-0.39, 0.29) is 5.41 Å². The van der Waals surface area contributed by atoms with Gasteiger partial charge in [-0.05, 0) is 89.9 Å². The SMILES string of the molecule is CC1=C(C)C(C)=C2C1=Nc1cc(C)c(C(C)(C)C3c4ccccc4-c4ccccc43)cc12. The quantitative estimate of drug-likeness (QED) is 0.399. The summed E-state index contributed by atoms with van der Waals surface area (Å²) in [6.07, 6.45) is 0. The van der Waals surface area contributed by atoms with E-state index < -0.39 is 0 Å². The lowest BCUT2D eigenvalue weighted by molar-refractivity contribution is 0.463. The predicted molar refractivity (Wildman–Crippen MR) is 136 cm³/mol. The van der Waals surface area contributed by atoms with Gasteiger partial charge >= 0.3 is 0 Å². The average Bonchev–Trinajstić information content (AvgIpc) is 3.38. The van der Waals surface area contributed by atoms with Gasteiger partial charge in [-0.15, -0.1) is 0 Å². The number of fused-ring (bicyclic) bond motifs is 6. The van der Waals surface area contributed by atoms with Crippen molar-refractivity contribution in [2.45, 2.75) is 52.9 Å². The zero-order chi connectivity index (χ0) is 22.4. The van der Waals surface area contributed by atoms with Crippen molar-refractivity contribution in [2.75, 3.05) is 0 Å². The van der Waals surface area contributed by atoms with Crippen LogP contribution < -0.4 is 0 Å². The molecule has 3 aromatic rings. The molecular weight excluding hydrogens is 386 g/mol. The zero-order valence-corrected chi connectivity index (χ0v) is 19.8. The molecule has 0 atom stereocenters. The van der Waals surface area contributed by atoms with Crippen LogP contribution in [0.3, 0.4) is 0 Å². The summed E-state index contributed by atoms with van der Waals surface area (Å²) in [4.78, 5) is 5.05. The average molecular weight is 416 g/mol. The molecule has 6 rings (SSSR count). The molecule has 0 amide bonds. The van der Waals surface area contributed by atoms with E-state index in [1.807, 2.05) is 0 Å². The van der Waals surface area contributed by atoms with E-state index >= 15 is 0 Å². The molecule has 0 spiro atoms. The fourth-order valence-electron chi connectivity index (χ4n) is 6.37. The molecule has 3 aliphatic rings. The smallest absolute Gasteiger partial charge is 0.0750 e. The number of aliphatic imine (C=N–C) groups is 1. The third kappa shape index (κ3) is 2.37. The Balaban J connectivity index is 1.55. The summed E-state index contributed by atoms with van der Waals surface area (Å²) < 4.78 is 0. The highest BCUT2D eigenvalue weighted by Crippen LogP contribution is 2.55.